The first-order valence-corrected chi connectivity index (χ1v) is 5.30. The highest BCUT2D eigenvalue weighted by molar-refractivity contribution is 5.72. The second kappa shape index (κ2) is 4.12. The van der Waals surface area contributed by atoms with E-state index < -0.39 is 0 Å². The predicted octanol–water partition coefficient (Wildman–Crippen LogP) is 2.91. The molecule has 76 valence electrons. The molecule has 1 fully saturated rings. The lowest BCUT2D eigenvalue weighted by molar-refractivity contribution is -0.162. The Kier molecular flexibility index (Phi) is 3.34. The van der Waals surface area contributed by atoms with Crippen molar-refractivity contribution < 1.29 is 9.53 Å². The van der Waals surface area contributed by atoms with Crippen LogP contribution in [0.15, 0.2) is 0 Å². The van der Waals surface area contributed by atoms with Crippen LogP contribution in [0.5, 0.6) is 0 Å². The summed E-state index contributed by atoms with van der Waals surface area (Å²) in [5.74, 6) is 0.0318. The van der Waals surface area contributed by atoms with E-state index in [1.165, 1.54) is 12.8 Å². The standard InChI is InChI=1S/C11H20O2/c1-4-9(2)10(12)13-11(3)7-5-6-8-11/h9H,4-8H2,1-3H3. The Hall–Kier alpha value is -0.530. The van der Waals surface area contributed by atoms with E-state index >= 15 is 0 Å². The Morgan fingerprint density at radius 3 is 2.46 bits per heavy atom. The molecule has 0 spiro atoms. The lowest BCUT2D eigenvalue weighted by Crippen LogP contribution is -2.30. The van der Waals surface area contributed by atoms with Crippen LogP contribution >= 0.6 is 0 Å². The zero-order valence-electron chi connectivity index (χ0n) is 8.93. The van der Waals surface area contributed by atoms with Crippen molar-refractivity contribution in [3.05, 3.63) is 0 Å². The van der Waals surface area contributed by atoms with Crippen LogP contribution in [0.25, 0.3) is 0 Å². The van der Waals surface area contributed by atoms with Crippen molar-refractivity contribution in [2.24, 2.45) is 5.92 Å². The first-order valence-electron chi connectivity index (χ1n) is 5.30. The van der Waals surface area contributed by atoms with Crippen LogP contribution in [0.3, 0.4) is 0 Å². The Labute approximate surface area is 80.7 Å². The number of carbonyl (C=O) groups excluding carboxylic acids is 1. The summed E-state index contributed by atoms with van der Waals surface area (Å²) in [6.45, 7) is 6.00. The van der Waals surface area contributed by atoms with Crippen LogP contribution < -0.4 is 0 Å². The topological polar surface area (TPSA) is 26.3 Å². The molecule has 2 heteroatoms. The molecule has 0 saturated heterocycles. The number of esters is 1. The first kappa shape index (κ1) is 10.6. The van der Waals surface area contributed by atoms with Crippen molar-refractivity contribution in [1.82, 2.24) is 0 Å². The molecule has 13 heavy (non-hydrogen) atoms. The van der Waals surface area contributed by atoms with Gasteiger partial charge < -0.3 is 4.74 Å². The molecule has 0 aromatic rings. The Morgan fingerprint density at radius 2 is 2.00 bits per heavy atom. The third-order valence-corrected chi connectivity index (χ3v) is 3.02. The van der Waals surface area contributed by atoms with E-state index in [1.807, 2.05) is 13.8 Å². The quantitative estimate of drug-likeness (QED) is 0.630. The minimum Gasteiger partial charge on any atom is -0.459 e. The Bertz CT molecular complexity index is 181. The maximum absolute atomic E-state index is 11.5. The molecule has 1 rings (SSSR count). The predicted molar refractivity (Wildman–Crippen MR) is 52.4 cm³/mol. The molecular formula is C11H20O2. The third kappa shape index (κ3) is 2.71. The van der Waals surface area contributed by atoms with E-state index in [1.54, 1.807) is 0 Å². The SMILES string of the molecule is CCC(C)C(=O)OC1(C)CCCC1. The van der Waals surface area contributed by atoms with Crippen molar-refractivity contribution in [3.8, 4) is 0 Å². The molecule has 0 aliphatic heterocycles. The van der Waals surface area contributed by atoms with Crippen LogP contribution in [-0.2, 0) is 9.53 Å². The van der Waals surface area contributed by atoms with Gasteiger partial charge in [0.05, 0.1) is 5.92 Å². The summed E-state index contributed by atoms with van der Waals surface area (Å²) in [5.41, 5.74) is -0.152. The van der Waals surface area contributed by atoms with Gasteiger partial charge in [-0.1, -0.05) is 13.8 Å². The van der Waals surface area contributed by atoms with Gasteiger partial charge >= 0.3 is 5.97 Å². The molecular weight excluding hydrogens is 164 g/mol. The molecule has 0 aromatic heterocycles. The molecule has 0 radical (unpaired) electrons. The molecule has 0 aromatic carbocycles. The van der Waals surface area contributed by atoms with Gasteiger partial charge in [-0.3, -0.25) is 4.79 Å². The maximum Gasteiger partial charge on any atom is 0.309 e. The molecule has 0 heterocycles. The van der Waals surface area contributed by atoms with Crippen molar-refractivity contribution in [2.45, 2.75) is 58.5 Å². The van der Waals surface area contributed by atoms with Gasteiger partial charge in [0.1, 0.15) is 5.60 Å². The molecule has 1 saturated carbocycles. The average molecular weight is 184 g/mol. The highest BCUT2D eigenvalue weighted by Gasteiger charge is 2.33. The highest BCUT2D eigenvalue weighted by atomic mass is 16.6. The second-order valence-electron chi connectivity index (χ2n) is 4.39. The molecule has 1 aliphatic rings. The van der Waals surface area contributed by atoms with Crippen LogP contribution in [0.1, 0.15) is 52.9 Å². The van der Waals surface area contributed by atoms with Gasteiger partial charge in [0, 0.05) is 0 Å². The number of hydrogen-bond acceptors (Lipinski definition) is 2. The summed E-state index contributed by atoms with van der Waals surface area (Å²) in [7, 11) is 0. The maximum atomic E-state index is 11.5. The summed E-state index contributed by atoms with van der Waals surface area (Å²) in [6, 6.07) is 0. The van der Waals surface area contributed by atoms with Gasteiger partial charge in [-0.15, -0.1) is 0 Å². The first-order chi connectivity index (χ1) is 6.07. The summed E-state index contributed by atoms with van der Waals surface area (Å²) in [6.07, 6.45) is 5.34. The molecule has 0 bridgehead atoms. The zero-order chi connectivity index (χ0) is 9.90. The number of ether oxygens (including phenoxy) is 1. The van der Waals surface area contributed by atoms with Crippen LogP contribution in [-0.4, -0.2) is 11.6 Å². The Balaban J connectivity index is 2.43. The monoisotopic (exact) mass is 184 g/mol. The average Bonchev–Trinajstić information content (AvgIpc) is 2.50. The fourth-order valence-electron chi connectivity index (χ4n) is 1.74. The lowest BCUT2D eigenvalue weighted by Gasteiger charge is -2.25. The van der Waals surface area contributed by atoms with Gasteiger partial charge in [0.2, 0.25) is 0 Å². The van der Waals surface area contributed by atoms with Crippen molar-refractivity contribution in [2.75, 3.05) is 0 Å². The van der Waals surface area contributed by atoms with E-state index in [2.05, 4.69) is 6.92 Å². The second-order valence-corrected chi connectivity index (χ2v) is 4.39. The normalized spacial score (nSPS) is 22.7. The lowest BCUT2D eigenvalue weighted by atomic mass is 10.0. The number of rotatable bonds is 3. The smallest absolute Gasteiger partial charge is 0.309 e. The van der Waals surface area contributed by atoms with Gasteiger partial charge in [0.15, 0.2) is 0 Å². The van der Waals surface area contributed by atoms with E-state index in [9.17, 15) is 4.79 Å². The molecule has 0 amide bonds. The minimum absolute atomic E-state index is 0.0214. The van der Waals surface area contributed by atoms with Gasteiger partial charge in [-0.05, 0) is 39.0 Å². The van der Waals surface area contributed by atoms with Crippen LogP contribution in [0.4, 0.5) is 0 Å². The fourth-order valence-corrected chi connectivity index (χ4v) is 1.74. The number of carbonyl (C=O) groups is 1. The Morgan fingerprint density at radius 1 is 1.46 bits per heavy atom. The largest absolute Gasteiger partial charge is 0.459 e. The fraction of sp³-hybridized carbons (Fsp3) is 0.909. The molecule has 1 aliphatic carbocycles. The van der Waals surface area contributed by atoms with E-state index in [-0.39, 0.29) is 17.5 Å². The van der Waals surface area contributed by atoms with Crippen molar-refractivity contribution >= 4 is 5.97 Å². The van der Waals surface area contributed by atoms with Gasteiger partial charge in [-0.25, -0.2) is 0 Å². The van der Waals surface area contributed by atoms with Gasteiger partial charge in [0.25, 0.3) is 0 Å². The highest BCUT2D eigenvalue weighted by Crippen LogP contribution is 2.33. The summed E-state index contributed by atoms with van der Waals surface area (Å²) in [5, 5.41) is 0. The van der Waals surface area contributed by atoms with E-state index in [0.29, 0.717) is 0 Å². The van der Waals surface area contributed by atoms with Crippen LogP contribution in [0.2, 0.25) is 0 Å². The zero-order valence-corrected chi connectivity index (χ0v) is 8.93. The van der Waals surface area contributed by atoms with Crippen molar-refractivity contribution in [1.29, 1.82) is 0 Å². The summed E-state index contributed by atoms with van der Waals surface area (Å²) >= 11 is 0. The summed E-state index contributed by atoms with van der Waals surface area (Å²) < 4.78 is 5.51. The van der Waals surface area contributed by atoms with Crippen LogP contribution in [0, 0.1) is 5.92 Å². The van der Waals surface area contributed by atoms with Crippen molar-refractivity contribution in [3.63, 3.8) is 0 Å². The number of hydrogen-bond donors (Lipinski definition) is 0. The third-order valence-electron chi connectivity index (χ3n) is 3.02. The molecule has 1 unspecified atom stereocenters. The summed E-state index contributed by atoms with van der Waals surface area (Å²) in [4.78, 5) is 11.5. The minimum atomic E-state index is -0.152. The van der Waals surface area contributed by atoms with Gasteiger partial charge in [-0.2, -0.15) is 0 Å². The van der Waals surface area contributed by atoms with E-state index in [4.69, 9.17) is 4.74 Å². The molecule has 1 atom stereocenters. The molecule has 0 N–H and O–H groups in total. The van der Waals surface area contributed by atoms with E-state index in [0.717, 1.165) is 19.3 Å². The molecule has 2 nitrogen and oxygen atoms in total.